The van der Waals surface area contributed by atoms with Crippen LogP contribution in [-0.2, 0) is 0 Å². The number of hydrogen-bond acceptors (Lipinski definition) is 2. The quantitative estimate of drug-likeness (QED) is 0.823. The maximum atomic E-state index is 11.3. The fraction of sp³-hybridized carbons (Fsp3) is 0.462. The largest absolute Gasteiger partial charge is 0.465 e. The number of nitrogens with zero attached hydrogens (tertiary/aromatic N) is 1. The van der Waals surface area contributed by atoms with Gasteiger partial charge in [-0.1, -0.05) is 30.3 Å². The fourth-order valence-electron chi connectivity index (χ4n) is 2.58. The average molecular weight is 234 g/mol. The third-order valence-electron chi connectivity index (χ3n) is 3.39. The predicted molar refractivity (Wildman–Crippen MR) is 66.0 cm³/mol. The Morgan fingerprint density at radius 1 is 1.41 bits per heavy atom. The van der Waals surface area contributed by atoms with Crippen molar-refractivity contribution in [3.05, 3.63) is 35.9 Å². The number of likely N-dealkylation sites (N-methyl/N-ethyl adjacent to an activating group) is 1. The fourth-order valence-corrected chi connectivity index (χ4v) is 2.58. The molecule has 4 heteroatoms. The number of amides is 1. The predicted octanol–water partition coefficient (Wildman–Crippen LogP) is 2.09. The summed E-state index contributed by atoms with van der Waals surface area (Å²) in [6.45, 7) is 0.618. The minimum atomic E-state index is -0.834. The molecule has 2 rings (SSSR count). The van der Waals surface area contributed by atoms with Gasteiger partial charge in [-0.25, -0.2) is 4.79 Å². The van der Waals surface area contributed by atoms with Crippen LogP contribution in [0.15, 0.2) is 30.3 Å². The summed E-state index contributed by atoms with van der Waals surface area (Å²) in [5, 5.41) is 12.5. The standard InChI is InChI=1S/C13H18N2O2/c1-14-11-8-5-9-15(13(16)17)12(11)10-6-3-2-4-7-10/h2-4,6-7,11-12,14H,5,8-9H2,1H3,(H,16,17). The monoisotopic (exact) mass is 234 g/mol. The molecule has 2 atom stereocenters. The van der Waals surface area contributed by atoms with Gasteiger partial charge in [0.05, 0.1) is 6.04 Å². The first-order chi connectivity index (χ1) is 8.24. The van der Waals surface area contributed by atoms with Crippen molar-refractivity contribution in [1.82, 2.24) is 10.2 Å². The van der Waals surface area contributed by atoms with E-state index in [0.717, 1.165) is 18.4 Å². The molecule has 1 aliphatic rings. The highest BCUT2D eigenvalue weighted by atomic mass is 16.4. The van der Waals surface area contributed by atoms with Gasteiger partial charge in [-0.2, -0.15) is 0 Å². The van der Waals surface area contributed by atoms with Gasteiger partial charge >= 0.3 is 6.09 Å². The van der Waals surface area contributed by atoms with Gasteiger partial charge in [0, 0.05) is 12.6 Å². The van der Waals surface area contributed by atoms with Crippen LogP contribution < -0.4 is 5.32 Å². The summed E-state index contributed by atoms with van der Waals surface area (Å²) >= 11 is 0. The Bertz CT molecular complexity index is 380. The van der Waals surface area contributed by atoms with Crippen molar-refractivity contribution in [2.24, 2.45) is 0 Å². The lowest BCUT2D eigenvalue weighted by Gasteiger charge is -2.40. The zero-order valence-corrected chi connectivity index (χ0v) is 9.97. The molecule has 1 aromatic rings. The first-order valence-corrected chi connectivity index (χ1v) is 5.96. The molecule has 2 N–H and O–H groups in total. The lowest BCUT2D eigenvalue weighted by molar-refractivity contribution is 0.0911. The number of piperidine rings is 1. The Hall–Kier alpha value is -1.55. The van der Waals surface area contributed by atoms with Gasteiger partial charge in [0.1, 0.15) is 0 Å². The summed E-state index contributed by atoms with van der Waals surface area (Å²) in [4.78, 5) is 12.8. The summed E-state index contributed by atoms with van der Waals surface area (Å²) in [5.41, 5.74) is 1.06. The second-order valence-corrected chi connectivity index (χ2v) is 4.37. The van der Waals surface area contributed by atoms with E-state index >= 15 is 0 Å². The molecular formula is C13H18N2O2. The van der Waals surface area contributed by atoms with E-state index in [-0.39, 0.29) is 12.1 Å². The van der Waals surface area contributed by atoms with E-state index in [2.05, 4.69) is 5.32 Å². The first kappa shape index (κ1) is 11.9. The van der Waals surface area contributed by atoms with Crippen LogP contribution in [0, 0.1) is 0 Å². The van der Waals surface area contributed by atoms with Gasteiger partial charge in [-0.05, 0) is 25.5 Å². The molecule has 17 heavy (non-hydrogen) atoms. The zero-order valence-electron chi connectivity index (χ0n) is 9.97. The first-order valence-electron chi connectivity index (χ1n) is 5.96. The van der Waals surface area contributed by atoms with E-state index in [4.69, 9.17) is 0 Å². The van der Waals surface area contributed by atoms with Crippen LogP contribution >= 0.6 is 0 Å². The van der Waals surface area contributed by atoms with Crippen molar-refractivity contribution in [3.63, 3.8) is 0 Å². The number of likely N-dealkylation sites (tertiary alicyclic amines) is 1. The normalized spacial score (nSPS) is 24.6. The topological polar surface area (TPSA) is 52.6 Å². The Morgan fingerprint density at radius 3 is 2.71 bits per heavy atom. The molecule has 0 aliphatic carbocycles. The van der Waals surface area contributed by atoms with Crippen molar-refractivity contribution in [3.8, 4) is 0 Å². The highest BCUT2D eigenvalue weighted by Crippen LogP contribution is 2.30. The molecule has 0 radical (unpaired) electrons. The minimum absolute atomic E-state index is 0.0764. The molecule has 1 amide bonds. The maximum absolute atomic E-state index is 11.3. The van der Waals surface area contributed by atoms with Gasteiger partial charge in [-0.15, -0.1) is 0 Å². The molecule has 1 heterocycles. The molecule has 4 nitrogen and oxygen atoms in total. The molecule has 2 unspecified atom stereocenters. The maximum Gasteiger partial charge on any atom is 0.407 e. The van der Waals surface area contributed by atoms with E-state index < -0.39 is 6.09 Å². The summed E-state index contributed by atoms with van der Waals surface area (Å²) in [6.07, 6.45) is 1.10. The number of carboxylic acid groups (broad SMARTS) is 1. The van der Waals surface area contributed by atoms with Gasteiger partial charge in [0.15, 0.2) is 0 Å². The van der Waals surface area contributed by atoms with E-state index in [1.807, 2.05) is 37.4 Å². The summed E-state index contributed by atoms with van der Waals surface area (Å²) < 4.78 is 0. The Kier molecular flexibility index (Phi) is 3.64. The highest BCUT2D eigenvalue weighted by Gasteiger charge is 2.34. The van der Waals surface area contributed by atoms with Crippen LogP contribution in [-0.4, -0.2) is 35.7 Å². The molecule has 1 fully saturated rings. The van der Waals surface area contributed by atoms with E-state index in [1.165, 1.54) is 0 Å². The van der Waals surface area contributed by atoms with E-state index in [9.17, 15) is 9.90 Å². The molecule has 1 aromatic carbocycles. The van der Waals surface area contributed by atoms with Gasteiger partial charge in [-0.3, -0.25) is 4.90 Å². The van der Waals surface area contributed by atoms with Crippen molar-refractivity contribution < 1.29 is 9.90 Å². The lowest BCUT2D eigenvalue weighted by Crippen LogP contribution is -2.49. The highest BCUT2D eigenvalue weighted by molar-refractivity contribution is 5.66. The number of rotatable bonds is 2. The summed E-state index contributed by atoms with van der Waals surface area (Å²) in [7, 11) is 1.89. The molecular weight excluding hydrogens is 216 g/mol. The molecule has 0 aromatic heterocycles. The molecule has 1 aliphatic heterocycles. The number of benzene rings is 1. The summed E-state index contributed by atoms with van der Waals surface area (Å²) in [5.74, 6) is 0. The second kappa shape index (κ2) is 5.19. The third kappa shape index (κ3) is 2.42. The van der Waals surface area contributed by atoms with Crippen molar-refractivity contribution in [2.75, 3.05) is 13.6 Å². The Labute approximate surface area is 101 Å². The van der Waals surface area contributed by atoms with Gasteiger partial charge in [0.25, 0.3) is 0 Å². The van der Waals surface area contributed by atoms with E-state index in [1.54, 1.807) is 4.90 Å². The van der Waals surface area contributed by atoms with Crippen molar-refractivity contribution in [2.45, 2.75) is 24.9 Å². The lowest BCUT2D eigenvalue weighted by atomic mass is 9.91. The van der Waals surface area contributed by atoms with Crippen LogP contribution in [0.2, 0.25) is 0 Å². The summed E-state index contributed by atoms with van der Waals surface area (Å²) in [6, 6.07) is 9.97. The zero-order chi connectivity index (χ0) is 12.3. The molecule has 0 saturated carbocycles. The smallest absolute Gasteiger partial charge is 0.407 e. The van der Waals surface area contributed by atoms with Crippen molar-refractivity contribution >= 4 is 6.09 Å². The number of nitrogens with one attached hydrogen (secondary N) is 1. The molecule has 92 valence electrons. The minimum Gasteiger partial charge on any atom is -0.465 e. The van der Waals surface area contributed by atoms with Crippen LogP contribution in [0.25, 0.3) is 0 Å². The van der Waals surface area contributed by atoms with Crippen LogP contribution in [0.1, 0.15) is 24.4 Å². The molecule has 0 bridgehead atoms. The Balaban J connectivity index is 2.32. The van der Waals surface area contributed by atoms with Gasteiger partial charge in [0.2, 0.25) is 0 Å². The second-order valence-electron chi connectivity index (χ2n) is 4.37. The third-order valence-corrected chi connectivity index (χ3v) is 3.39. The number of carbonyl (C=O) groups is 1. The van der Waals surface area contributed by atoms with Crippen LogP contribution in [0.4, 0.5) is 4.79 Å². The van der Waals surface area contributed by atoms with Crippen LogP contribution in [0.5, 0.6) is 0 Å². The SMILES string of the molecule is CNC1CCCN(C(=O)O)C1c1ccccc1. The average Bonchev–Trinajstić information content (AvgIpc) is 2.38. The molecule has 0 spiro atoms. The van der Waals surface area contributed by atoms with Crippen LogP contribution in [0.3, 0.4) is 0 Å². The van der Waals surface area contributed by atoms with Crippen molar-refractivity contribution in [1.29, 1.82) is 0 Å². The number of hydrogen-bond donors (Lipinski definition) is 2. The van der Waals surface area contributed by atoms with E-state index in [0.29, 0.717) is 6.54 Å². The Morgan fingerprint density at radius 2 is 2.12 bits per heavy atom. The van der Waals surface area contributed by atoms with Gasteiger partial charge < -0.3 is 10.4 Å². The molecule has 1 saturated heterocycles.